The molecule has 0 aromatic heterocycles. The van der Waals surface area contributed by atoms with E-state index in [0.717, 1.165) is 32.4 Å². The molecule has 0 aliphatic carbocycles. The van der Waals surface area contributed by atoms with Crippen molar-refractivity contribution in [2.75, 3.05) is 18.0 Å². The summed E-state index contributed by atoms with van der Waals surface area (Å²) in [5.41, 5.74) is 0.618. The first kappa shape index (κ1) is 19.2. The van der Waals surface area contributed by atoms with Gasteiger partial charge in [-0.2, -0.15) is 0 Å². The molecule has 6 heteroatoms. The third kappa shape index (κ3) is 5.18. The Bertz CT molecular complexity index is 656. The zero-order valence-electron chi connectivity index (χ0n) is 15.9. The second kappa shape index (κ2) is 7.02. The zero-order chi connectivity index (χ0) is 18.8. The molecular weight excluding hydrogens is 318 g/mol. The molecule has 1 fully saturated rings. The van der Waals surface area contributed by atoms with Gasteiger partial charge in [-0.05, 0) is 50.7 Å². The second-order valence-electron chi connectivity index (χ2n) is 8.73. The molecular formula is C19H29N3O3. The minimum Gasteiger partial charge on any atom is -0.366 e. The summed E-state index contributed by atoms with van der Waals surface area (Å²) in [6, 6.07) is 4.79. The minimum absolute atomic E-state index is 0.00294. The lowest BCUT2D eigenvalue weighted by Gasteiger charge is -2.33. The molecule has 2 rings (SSSR count). The number of anilines is 1. The van der Waals surface area contributed by atoms with Gasteiger partial charge in [0.2, 0.25) is 0 Å². The van der Waals surface area contributed by atoms with Crippen molar-refractivity contribution < 1.29 is 9.72 Å². The summed E-state index contributed by atoms with van der Waals surface area (Å²) in [5, 5.41) is 14.5. The van der Waals surface area contributed by atoms with Crippen LogP contribution in [0.4, 0.5) is 11.4 Å². The first-order valence-electron chi connectivity index (χ1n) is 8.84. The largest absolute Gasteiger partial charge is 0.366 e. The maximum absolute atomic E-state index is 12.6. The summed E-state index contributed by atoms with van der Waals surface area (Å²) in [6.07, 6.45) is 2.89. The van der Waals surface area contributed by atoms with Crippen molar-refractivity contribution in [3.05, 3.63) is 33.9 Å². The van der Waals surface area contributed by atoms with Crippen molar-refractivity contribution in [2.24, 2.45) is 5.41 Å². The third-order valence-corrected chi connectivity index (χ3v) is 4.31. The van der Waals surface area contributed by atoms with Crippen LogP contribution in [0.15, 0.2) is 18.2 Å². The Kier molecular flexibility index (Phi) is 5.40. The number of nitro groups is 1. The van der Waals surface area contributed by atoms with Gasteiger partial charge in [-0.1, -0.05) is 20.8 Å². The Labute approximate surface area is 149 Å². The molecule has 0 atom stereocenters. The fourth-order valence-electron chi connectivity index (χ4n) is 3.79. The molecule has 1 saturated heterocycles. The third-order valence-electron chi connectivity index (χ3n) is 4.31. The molecule has 1 aromatic rings. The average molecular weight is 347 g/mol. The van der Waals surface area contributed by atoms with Crippen LogP contribution in [0.5, 0.6) is 0 Å². The van der Waals surface area contributed by atoms with Crippen LogP contribution in [-0.2, 0) is 0 Å². The second-order valence-corrected chi connectivity index (χ2v) is 8.73. The monoisotopic (exact) mass is 347 g/mol. The Hall–Kier alpha value is -2.11. The van der Waals surface area contributed by atoms with Gasteiger partial charge in [0.1, 0.15) is 5.69 Å². The molecule has 0 radical (unpaired) electrons. The lowest BCUT2D eigenvalue weighted by molar-refractivity contribution is -0.384. The lowest BCUT2D eigenvalue weighted by atomic mass is 9.81. The van der Waals surface area contributed by atoms with Crippen molar-refractivity contribution in [3.63, 3.8) is 0 Å². The van der Waals surface area contributed by atoms with Crippen molar-refractivity contribution in [2.45, 2.75) is 59.4 Å². The molecule has 1 aromatic carbocycles. The standard InChI is InChI=1S/C19H29N3O3/c1-18(2,3)13-19(4,5)20-17(23)14-8-9-15(16(12-14)22(24)25)21-10-6-7-11-21/h8-9,12H,6-7,10-11,13H2,1-5H3,(H,20,23). The summed E-state index contributed by atoms with van der Waals surface area (Å²) < 4.78 is 0. The van der Waals surface area contributed by atoms with E-state index in [2.05, 4.69) is 26.1 Å². The van der Waals surface area contributed by atoms with E-state index in [9.17, 15) is 14.9 Å². The SMILES string of the molecule is CC(C)(C)CC(C)(C)NC(=O)c1ccc(N2CCCC2)c([N+](=O)[O-])c1. The molecule has 1 N–H and O–H groups in total. The molecule has 0 spiro atoms. The molecule has 1 amide bonds. The van der Waals surface area contributed by atoms with Crippen LogP contribution in [0.2, 0.25) is 0 Å². The Balaban J connectivity index is 2.22. The highest BCUT2D eigenvalue weighted by molar-refractivity contribution is 5.96. The van der Waals surface area contributed by atoms with E-state index in [4.69, 9.17) is 0 Å². The fourth-order valence-corrected chi connectivity index (χ4v) is 3.79. The highest BCUT2D eigenvalue weighted by Gasteiger charge is 2.29. The van der Waals surface area contributed by atoms with Crippen LogP contribution in [0.3, 0.4) is 0 Å². The number of nitro benzene ring substituents is 1. The Morgan fingerprint density at radius 3 is 2.32 bits per heavy atom. The molecule has 1 aliphatic heterocycles. The zero-order valence-corrected chi connectivity index (χ0v) is 15.9. The number of carbonyl (C=O) groups excluding carboxylic acids is 1. The van der Waals surface area contributed by atoms with Crippen molar-refractivity contribution in [3.8, 4) is 0 Å². The molecule has 1 aliphatic rings. The molecule has 0 saturated carbocycles. The molecule has 1 heterocycles. The van der Waals surface area contributed by atoms with E-state index < -0.39 is 10.5 Å². The van der Waals surface area contributed by atoms with Gasteiger partial charge in [-0.3, -0.25) is 14.9 Å². The normalized spacial score (nSPS) is 15.3. The van der Waals surface area contributed by atoms with Gasteiger partial charge in [0.05, 0.1) is 4.92 Å². The van der Waals surface area contributed by atoms with Crippen LogP contribution < -0.4 is 10.2 Å². The minimum atomic E-state index is -0.398. The van der Waals surface area contributed by atoms with E-state index in [1.807, 2.05) is 18.7 Å². The number of rotatable bonds is 5. The topological polar surface area (TPSA) is 75.5 Å². The molecule has 0 bridgehead atoms. The smallest absolute Gasteiger partial charge is 0.293 e. The van der Waals surface area contributed by atoms with E-state index >= 15 is 0 Å². The molecule has 25 heavy (non-hydrogen) atoms. The number of carbonyl (C=O) groups is 1. The first-order valence-corrected chi connectivity index (χ1v) is 8.84. The van der Waals surface area contributed by atoms with Gasteiger partial charge < -0.3 is 10.2 Å². The highest BCUT2D eigenvalue weighted by atomic mass is 16.6. The van der Waals surface area contributed by atoms with Crippen LogP contribution >= 0.6 is 0 Å². The number of hydrogen-bond donors (Lipinski definition) is 1. The van der Waals surface area contributed by atoms with Crippen molar-refractivity contribution in [1.82, 2.24) is 5.32 Å². The van der Waals surface area contributed by atoms with Crippen LogP contribution in [0.1, 0.15) is 64.2 Å². The van der Waals surface area contributed by atoms with Gasteiger partial charge >= 0.3 is 0 Å². The van der Waals surface area contributed by atoms with E-state index in [1.165, 1.54) is 6.07 Å². The maximum atomic E-state index is 12.6. The number of nitrogens with one attached hydrogen (secondary N) is 1. The average Bonchev–Trinajstić information content (AvgIpc) is 2.97. The summed E-state index contributed by atoms with van der Waals surface area (Å²) in [5.74, 6) is -0.273. The van der Waals surface area contributed by atoms with Crippen LogP contribution in [0, 0.1) is 15.5 Å². The quantitative estimate of drug-likeness (QED) is 0.641. The molecule has 138 valence electrons. The van der Waals surface area contributed by atoms with Gasteiger partial charge in [-0.15, -0.1) is 0 Å². The van der Waals surface area contributed by atoms with Crippen LogP contribution in [-0.4, -0.2) is 29.5 Å². The highest BCUT2D eigenvalue weighted by Crippen LogP contribution is 2.32. The van der Waals surface area contributed by atoms with E-state index in [0.29, 0.717) is 11.3 Å². The van der Waals surface area contributed by atoms with Gasteiger partial charge in [0.25, 0.3) is 11.6 Å². The van der Waals surface area contributed by atoms with Gasteiger partial charge in [0, 0.05) is 30.3 Å². The summed E-state index contributed by atoms with van der Waals surface area (Å²) in [7, 11) is 0. The van der Waals surface area contributed by atoms with Gasteiger partial charge in [-0.25, -0.2) is 0 Å². The Morgan fingerprint density at radius 1 is 1.20 bits per heavy atom. The molecule has 0 unspecified atom stereocenters. The first-order chi connectivity index (χ1) is 11.5. The maximum Gasteiger partial charge on any atom is 0.293 e. The summed E-state index contributed by atoms with van der Waals surface area (Å²) >= 11 is 0. The predicted molar refractivity (Wildman–Crippen MR) is 100 cm³/mol. The Morgan fingerprint density at radius 2 is 1.80 bits per heavy atom. The van der Waals surface area contributed by atoms with Crippen LogP contribution in [0.25, 0.3) is 0 Å². The summed E-state index contributed by atoms with van der Waals surface area (Å²) in [4.78, 5) is 25.7. The van der Waals surface area contributed by atoms with Gasteiger partial charge in [0.15, 0.2) is 0 Å². The fraction of sp³-hybridized carbons (Fsp3) is 0.632. The lowest BCUT2D eigenvalue weighted by Crippen LogP contribution is -2.45. The number of benzene rings is 1. The summed E-state index contributed by atoms with van der Waals surface area (Å²) in [6.45, 7) is 12.0. The number of amides is 1. The predicted octanol–water partition coefficient (Wildman–Crippen LogP) is 4.14. The number of nitrogens with zero attached hydrogens (tertiary/aromatic N) is 2. The number of hydrogen-bond acceptors (Lipinski definition) is 4. The van der Waals surface area contributed by atoms with E-state index in [-0.39, 0.29) is 17.0 Å². The van der Waals surface area contributed by atoms with Crippen molar-refractivity contribution in [1.29, 1.82) is 0 Å². The molecule has 6 nitrogen and oxygen atoms in total. The van der Waals surface area contributed by atoms with E-state index in [1.54, 1.807) is 12.1 Å². The van der Waals surface area contributed by atoms with Crippen molar-refractivity contribution >= 4 is 17.3 Å².